The van der Waals surface area contributed by atoms with Crippen LogP contribution >= 0.6 is 12.4 Å². The molecule has 0 saturated heterocycles. The van der Waals surface area contributed by atoms with Gasteiger partial charge in [-0.05, 0) is 36.5 Å². The Morgan fingerprint density at radius 2 is 1.87 bits per heavy atom. The highest BCUT2D eigenvalue weighted by Gasteiger charge is 2.33. The van der Waals surface area contributed by atoms with Crippen LogP contribution in [0.25, 0.3) is 0 Å². The summed E-state index contributed by atoms with van der Waals surface area (Å²) in [7, 11) is 0. The topological polar surface area (TPSA) is 64.3 Å². The summed E-state index contributed by atoms with van der Waals surface area (Å²) in [4.78, 5) is 12.2. The standard InChI is InChI=1S/C18H28N2O2.ClH/c1-14(2)12-22-16-7-5-15(6-8-16)11-17(21)20-18(13-19)9-3-4-10-18;/h5-8,14H,3-4,9-13,19H2,1-2H3,(H,20,21);1H. The number of hydrogen-bond donors (Lipinski definition) is 2. The molecule has 2 rings (SSSR count). The normalized spacial score (nSPS) is 16.0. The zero-order valence-electron chi connectivity index (χ0n) is 14.1. The number of hydrogen-bond acceptors (Lipinski definition) is 3. The van der Waals surface area contributed by atoms with Crippen molar-refractivity contribution in [3.8, 4) is 5.75 Å². The van der Waals surface area contributed by atoms with Crippen LogP contribution in [-0.4, -0.2) is 24.6 Å². The van der Waals surface area contributed by atoms with Gasteiger partial charge in [0, 0.05) is 6.54 Å². The maximum atomic E-state index is 12.2. The fourth-order valence-corrected chi connectivity index (χ4v) is 2.92. The summed E-state index contributed by atoms with van der Waals surface area (Å²) in [5.74, 6) is 1.42. The number of carbonyl (C=O) groups excluding carboxylic acids is 1. The molecular formula is C18H29ClN2O2. The molecule has 1 aliphatic carbocycles. The van der Waals surface area contributed by atoms with E-state index in [2.05, 4.69) is 19.2 Å². The molecule has 1 amide bonds. The zero-order chi connectivity index (χ0) is 16.0. The number of nitrogens with two attached hydrogens (primary N) is 1. The van der Waals surface area contributed by atoms with Crippen LogP contribution < -0.4 is 15.8 Å². The molecule has 23 heavy (non-hydrogen) atoms. The lowest BCUT2D eigenvalue weighted by molar-refractivity contribution is -0.122. The first kappa shape index (κ1) is 19.8. The van der Waals surface area contributed by atoms with E-state index in [0.717, 1.165) is 37.0 Å². The van der Waals surface area contributed by atoms with E-state index in [1.54, 1.807) is 0 Å². The van der Waals surface area contributed by atoms with Crippen molar-refractivity contribution in [2.45, 2.75) is 51.5 Å². The molecule has 1 saturated carbocycles. The molecule has 0 atom stereocenters. The summed E-state index contributed by atoms with van der Waals surface area (Å²) < 4.78 is 5.65. The van der Waals surface area contributed by atoms with E-state index in [-0.39, 0.29) is 23.9 Å². The van der Waals surface area contributed by atoms with E-state index in [1.165, 1.54) is 0 Å². The quantitative estimate of drug-likeness (QED) is 0.801. The SMILES string of the molecule is CC(C)COc1ccc(CC(=O)NC2(CN)CCCC2)cc1.Cl. The molecule has 1 fully saturated rings. The Balaban J connectivity index is 0.00000264. The van der Waals surface area contributed by atoms with Crippen molar-refractivity contribution in [2.75, 3.05) is 13.2 Å². The molecule has 1 aliphatic rings. The Morgan fingerprint density at radius 3 is 2.39 bits per heavy atom. The highest BCUT2D eigenvalue weighted by atomic mass is 35.5. The minimum Gasteiger partial charge on any atom is -0.493 e. The van der Waals surface area contributed by atoms with Crippen molar-refractivity contribution >= 4 is 18.3 Å². The fourth-order valence-electron chi connectivity index (χ4n) is 2.92. The molecule has 1 aromatic rings. The Bertz CT molecular complexity index is 482. The van der Waals surface area contributed by atoms with Crippen molar-refractivity contribution in [1.29, 1.82) is 0 Å². The number of halogens is 1. The molecule has 4 nitrogen and oxygen atoms in total. The van der Waals surface area contributed by atoms with E-state index in [9.17, 15) is 4.79 Å². The molecule has 1 aromatic carbocycles. The van der Waals surface area contributed by atoms with Crippen molar-refractivity contribution < 1.29 is 9.53 Å². The molecule has 0 bridgehead atoms. The smallest absolute Gasteiger partial charge is 0.224 e. The molecule has 0 radical (unpaired) electrons. The van der Waals surface area contributed by atoms with Gasteiger partial charge in [-0.1, -0.05) is 38.8 Å². The van der Waals surface area contributed by atoms with Gasteiger partial charge in [-0.25, -0.2) is 0 Å². The van der Waals surface area contributed by atoms with Gasteiger partial charge < -0.3 is 15.8 Å². The summed E-state index contributed by atoms with van der Waals surface area (Å²) >= 11 is 0. The number of benzene rings is 1. The average molecular weight is 341 g/mol. The lowest BCUT2D eigenvalue weighted by atomic mass is 9.97. The Labute approximate surface area is 145 Å². The van der Waals surface area contributed by atoms with Crippen LogP contribution in [-0.2, 0) is 11.2 Å². The van der Waals surface area contributed by atoms with Crippen LogP contribution in [0.2, 0.25) is 0 Å². The van der Waals surface area contributed by atoms with Crippen LogP contribution in [0.15, 0.2) is 24.3 Å². The second-order valence-corrected chi connectivity index (χ2v) is 6.77. The van der Waals surface area contributed by atoms with Crippen molar-refractivity contribution in [1.82, 2.24) is 5.32 Å². The lowest BCUT2D eigenvalue weighted by Crippen LogP contribution is -2.52. The molecular weight excluding hydrogens is 312 g/mol. The van der Waals surface area contributed by atoms with E-state index >= 15 is 0 Å². The number of nitrogens with one attached hydrogen (secondary N) is 1. The summed E-state index contributed by atoms with van der Waals surface area (Å²) in [6.07, 6.45) is 4.69. The molecule has 0 aliphatic heterocycles. The number of carbonyl (C=O) groups is 1. The third-order valence-electron chi connectivity index (χ3n) is 4.23. The largest absolute Gasteiger partial charge is 0.493 e. The highest BCUT2D eigenvalue weighted by molar-refractivity contribution is 5.85. The molecule has 130 valence electrons. The first-order valence-electron chi connectivity index (χ1n) is 8.26. The number of ether oxygens (including phenoxy) is 1. The Morgan fingerprint density at radius 1 is 1.26 bits per heavy atom. The first-order chi connectivity index (χ1) is 10.5. The fraction of sp³-hybridized carbons (Fsp3) is 0.611. The zero-order valence-corrected chi connectivity index (χ0v) is 15.0. The molecule has 0 heterocycles. The summed E-state index contributed by atoms with van der Waals surface area (Å²) in [5.41, 5.74) is 6.69. The van der Waals surface area contributed by atoms with Gasteiger partial charge in [-0.3, -0.25) is 4.79 Å². The second-order valence-electron chi connectivity index (χ2n) is 6.77. The van der Waals surface area contributed by atoms with Crippen LogP contribution in [0.4, 0.5) is 0 Å². The monoisotopic (exact) mass is 340 g/mol. The number of amides is 1. The summed E-state index contributed by atoms with van der Waals surface area (Å²) in [6.45, 7) is 5.48. The minimum absolute atomic E-state index is 0. The molecule has 5 heteroatoms. The molecule has 0 aromatic heterocycles. The van der Waals surface area contributed by atoms with E-state index in [1.807, 2.05) is 24.3 Å². The van der Waals surface area contributed by atoms with E-state index in [0.29, 0.717) is 25.5 Å². The summed E-state index contributed by atoms with van der Waals surface area (Å²) in [6, 6.07) is 7.77. The third kappa shape index (κ3) is 6.04. The van der Waals surface area contributed by atoms with Crippen LogP contribution in [0.3, 0.4) is 0 Å². The van der Waals surface area contributed by atoms with Gasteiger partial charge in [0.25, 0.3) is 0 Å². The lowest BCUT2D eigenvalue weighted by Gasteiger charge is -2.28. The van der Waals surface area contributed by atoms with Crippen molar-refractivity contribution in [3.05, 3.63) is 29.8 Å². The third-order valence-corrected chi connectivity index (χ3v) is 4.23. The molecule has 3 N–H and O–H groups in total. The Kier molecular flexibility index (Phi) is 7.86. The maximum Gasteiger partial charge on any atom is 0.224 e. The summed E-state index contributed by atoms with van der Waals surface area (Å²) in [5, 5.41) is 3.15. The van der Waals surface area contributed by atoms with Crippen LogP contribution in [0.5, 0.6) is 5.75 Å². The first-order valence-corrected chi connectivity index (χ1v) is 8.26. The predicted molar refractivity (Wildman–Crippen MR) is 96.1 cm³/mol. The van der Waals surface area contributed by atoms with Crippen molar-refractivity contribution in [3.63, 3.8) is 0 Å². The molecule has 0 spiro atoms. The van der Waals surface area contributed by atoms with E-state index in [4.69, 9.17) is 10.5 Å². The van der Waals surface area contributed by atoms with Gasteiger partial charge in [0.1, 0.15) is 5.75 Å². The average Bonchev–Trinajstić information content (AvgIpc) is 2.95. The van der Waals surface area contributed by atoms with Gasteiger partial charge in [0.05, 0.1) is 18.6 Å². The Hall–Kier alpha value is -1.26. The van der Waals surface area contributed by atoms with Crippen LogP contribution in [0, 0.1) is 5.92 Å². The predicted octanol–water partition coefficient (Wildman–Crippen LogP) is 3.07. The molecule has 0 unspecified atom stereocenters. The van der Waals surface area contributed by atoms with Gasteiger partial charge in [-0.15, -0.1) is 12.4 Å². The van der Waals surface area contributed by atoms with Gasteiger partial charge >= 0.3 is 0 Å². The number of rotatable bonds is 7. The highest BCUT2D eigenvalue weighted by Crippen LogP contribution is 2.28. The van der Waals surface area contributed by atoms with E-state index < -0.39 is 0 Å². The second kappa shape index (κ2) is 9.14. The van der Waals surface area contributed by atoms with Crippen LogP contribution in [0.1, 0.15) is 45.1 Å². The van der Waals surface area contributed by atoms with Gasteiger partial charge in [-0.2, -0.15) is 0 Å². The van der Waals surface area contributed by atoms with Gasteiger partial charge in [0.2, 0.25) is 5.91 Å². The minimum atomic E-state index is -0.169. The maximum absolute atomic E-state index is 12.2. The van der Waals surface area contributed by atoms with Crippen molar-refractivity contribution in [2.24, 2.45) is 11.7 Å². The van der Waals surface area contributed by atoms with Gasteiger partial charge in [0.15, 0.2) is 0 Å².